The minimum absolute atomic E-state index is 0.524. The molecule has 0 aliphatic heterocycles. The number of halogens is 1. The number of hydrogen-bond donors (Lipinski definition) is 1. The van der Waals surface area contributed by atoms with Gasteiger partial charge < -0.3 is 4.98 Å². The fraction of sp³-hybridized carbons (Fsp3) is 0. The molecular formula is C12H8BrN. The van der Waals surface area contributed by atoms with Crippen molar-refractivity contribution in [3.63, 3.8) is 0 Å². The zero-order valence-electron chi connectivity index (χ0n) is 8.34. The molecule has 0 bridgehead atoms. The number of para-hydroxylation sites is 1. The summed E-state index contributed by atoms with van der Waals surface area (Å²) in [6.45, 7) is 0. The third kappa shape index (κ3) is 1.07. The van der Waals surface area contributed by atoms with Crippen molar-refractivity contribution in [1.29, 1.82) is 0 Å². The van der Waals surface area contributed by atoms with Crippen LogP contribution in [0.25, 0.3) is 21.8 Å². The van der Waals surface area contributed by atoms with Crippen molar-refractivity contribution in [1.82, 2.24) is 4.98 Å². The molecular weight excluding hydrogens is 238 g/mol. The van der Waals surface area contributed by atoms with Gasteiger partial charge in [-0.05, 0) is 24.2 Å². The van der Waals surface area contributed by atoms with Gasteiger partial charge in [-0.3, -0.25) is 0 Å². The fourth-order valence-electron chi connectivity index (χ4n) is 1.75. The number of aromatic amines is 1. The van der Waals surface area contributed by atoms with Crippen LogP contribution >= 0.6 is 15.9 Å². The van der Waals surface area contributed by atoms with Gasteiger partial charge in [-0.25, -0.2) is 0 Å². The Kier molecular flexibility index (Phi) is 1.44. The lowest BCUT2D eigenvalue weighted by Crippen LogP contribution is -1.66. The first-order valence-corrected chi connectivity index (χ1v) is 5.21. The van der Waals surface area contributed by atoms with E-state index in [-0.39, 0.29) is 0 Å². The summed E-state index contributed by atoms with van der Waals surface area (Å²) < 4.78 is 8.82. The highest BCUT2D eigenvalue weighted by Gasteiger charge is 2.02. The molecule has 0 aliphatic carbocycles. The molecule has 0 amide bonds. The number of benzene rings is 2. The zero-order chi connectivity index (χ0) is 10.4. The summed E-state index contributed by atoms with van der Waals surface area (Å²) >= 11 is 3.42. The number of rotatable bonds is 0. The molecule has 0 unspecified atom stereocenters. The van der Waals surface area contributed by atoms with Crippen LogP contribution in [0.3, 0.4) is 0 Å². The first-order chi connectivity index (χ1) is 7.25. The summed E-state index contributed by atoms with van der Waals surface area (Å²) in [5.41, 5.74) is 1.98. The quantitative estimate of drug-likeness (QED) is 0.616. The zero-order valence-corrected chi connectivity index (χ0v) is 8.93. The molecule has 2 aromatic carbocycles. The molecule has 0 spiro atoms. The Morgan fingerprint density at radius 3 is 2.86 bits per heavy atom. The largest absolute Gasteiger partial charge is 0.355 e. The highest BCUT2D eigenvalue weighted by Crippen LogP contribution is 2.27. The number of hydrogen-bond acceptors (Lipinski definition) is 0. The van der Waals surface area contributed by atoms with Crippen molar-refractivity contribution in [2.45, 2.75) is 0 Å². The van der Waals surface area contributed by atoms with Crippen LogP contribution in [0.4, 0.5) is 0 Å². The summed E-state index contributed by atoms with van der Waals surface area (Å²) in [5, 5.41) is 2.27. The van der Waals surface area contributed by atoms with Crippen molar-refractivity contribution in [3.05, 3.63) is 46.9 Å². The Morgan fingerprint density at radius 2 is 1.93 bits per heavy atom. The van der Waals surface area contributed by atoms with Gasteiger partial charge in [0.1, 0.15) is 0 Å². The second-order valence-corrected chi connectivity index (χ2v) is 4.19. The van der Waals surface area contributed by atoms with E-state index in [1.807, 2.05) is 24.3 Å². The molecule has 0 fully saturated rings. The summed E-state index contributed by atoms with van der Waals surface area (Å²) in [5.74, 6) is 0. The highest BCUT2D eigenvalue weighted by atomic mass is 79.9. The minimum Gasteiger partial charge on any atom is -0.355 e. The van der Waals surface area contributed by atoms with Gasteiger partial charge >= 0.3 is 0 Å². The summed E-state index contributed by atoms with van der Waals surface area (Å²) in [6, 6.07) is 12.5. The van der Waals surface area contributed by atoms with Crippen LogP contribution in [0, 0.1) is 0 Å². The Hall–Kier alpha value is -1.28. The van der Waals surface area contributed by atoms with Crippen LogP contribution in [-0.4, -0.2) is 4.98 Å². The minimum atomic E-state index is 0.524. The van der Waals surface area contributed by atoms with Gasteiger partial charge in [-0.1, -0.05) is 34.1 Å². The normalized spacial score (nSPS) is 12.2. The van der Waals surface area contributed by atoms with Crippen LogP contribution < -0.4 is 0 Å². The Balaban J connectivity index is 2.61. The Bertz CT molecular complexity index is 657. The average Bonchev–Trinajstić information content (AvgIpc) is 2.57. The Morgan fingerprint density at radius 1 is 1.07 bits per heavy atom. The number of H-pyrrole nitrogens is 1. The second-order valence-electron chi connectivity index (χ2n) is 3.28. The molecule has 3 rings (SSSR count). The smallest absolute Gasteiger partial charge is 0.0645 e. The van der Waals surface area contributed by atoms with Gasteiger partial charge in [0.15, 0.2) is 0 Å². The number of aromatic nitrogens is 1. The summed E-state index contributed by atoms with van der Waals surface area (Å²) in [7, 11) is 0. The molecule has 14 heavy (non-hydrogen) atoms. The third-order valence-electron chi connectivity index (χ3n) is 2.38. The average molecular weight is 247 g/mol. The van der Waals surface area contributed by atoms with Gasteiger partial charge in [0.25, 0.3) is 0 Å². The van der Waals surface area contributed by atoms with Gasteiger partial charge in [-0.15, -0.1) is 0 Å². The maximum atomic E-state index is 7.88. The summed E-state index contributed by atoms with van der Waals surface area (Å²) in [4.78, 5) is 3.27. The van der Waals surface area contributed by atoms with Gasteiger partial charge in [-0.2, -0.15) is 0 Å². The van der Waals surface area contributed by atoms with Crippen LogP contribution in [0.5, 0.6) is 0 Å². The SMILES string of the molecule is [2H]c1cc(Br)cc2c1[nH]c1ccccc12. The highest BCUT2D eigenvalue weighted by molar-refractivity contribution is 9.10. The first-order valence-electron chi connectivity index (χ1n) is 4.92. The van der Waals surface area contributed by atoms with Crippen molar-refractivity contribution >= 4 is 37.7 Å². The molecule has 0 saturated carbocycles. The van der Waals surface area contributed by atoms with Crippen molar-refractivity contribution < 1.29 is 1.37 Å². The van der Waals surface area contributed by atoms with E-state index < -0.39 is 0 Å². The van der Waals surface area contributed by atoms with Crippen LogP contribution in [0.2, 0.25) is 0 Å². The monoisotopic (exact) mass is 246 g/mol. The lowest BCUT2D eigenvalue weighted by atomic mass is 10.2. The molecule has 0 radical (unpaired) electrons. The maximum absolute atomic E-state index is 7.88. The van der Waals surface area contributed by atoms with Gasteiger partial charge in [0.05, 0.1) is 1.37 Å². The topological polar surface area (TPSA) is 15.8 Å². The third-order valence-corrected chi connectivity index (χ3v) is 2.84. The van der Waals surface area contributed by atoms with E-state index >= 15 is 0 Å². The molecule has 1 aromatic heterocycles. The lowest BCUT2D eigenvalue weighted by Gasteiger charge is -1.91. The first kappa shape index (κ1) is 7.07. The van der Waals surface area contributed by atoms with E-state index in [2.05, 4.69) is 27.0 Å². The van der Waals surface area contributed by atoms with E-state index in [4.69, 9.17) is 1.37 Å². The van der Waals surface area contributed by atoms with Crippen LogP contribution in [-0.2, 0) is 0 Å². The van der Waals surface area contributed by atoms with E-state index in [1.165, 1.54) is 5.39 Å². The van der Waals surface area contributed by atoms with E-state index in [0.717, 1.165) is 20.9 Å². The Labute approximate surface area is 91.3 Å². The summed E-state index contributed by atoms with van der Waals surface area (Å²) in [6.07, 6.45) is 0. The number of nitrogens with one attached hydrogen (secondary N) is 1. The van der Waals surface area contributed by atoms with Crippen molar-refractivity contribution in [3.8, 4) is 0 Å². The molecule has 2 heteroatoms. The lowest BCUT2D eigenvalue weighted by molar-refractivity contribution is 1.54. The van der Waals surface area contributed by atoms with Crippen molar-refractivity contribution in [2.24, 2.45) is 0 Å². The maximum Gasteiger partial charge on any atom is 0.0645 e. The predicted octanol–water partition coefficient (Wildman–Crippen LogP) is 4.08. The molecule has 1 heterocycles. The van der Waals surface area contributed by atoms with E-state index in [1.54, 1.807) is 6.07 Å². The van der Waals surface area contributed by atoms with Crippen LogP contribution in [0.1, 0.15) is 1.37 Å². The fourth-order valence-corrected chi connectivity index (χ4v) is 2.09. The number of fused-ring (bicyclic) bond motifs is 3. The van der Waals surface area contributed by atoms with Gasteiger partial charge in [0, 0.05) is 26.3 Å². The molecule has 3 aromatic rings. The predicted molar refractivity (Wildman–Crippen MR) is 63.5 cm³/mol. The standard InChI is InChI=1S/C12H8BrN/c13-8-5-6-12-10(7-8)9-3-1-2-4-11(9)14-12/h1-7,14H/i6D. The molecule has 0 atom stereocenters. The molecule has 0 saturated heterocycles. The van der Waals surface area contributed by atoms with E-state index in [0.29, 0.717) is 6.04 Å². The van der Waals surface area contributed by atoms with Gasteiger partial charge in [0.2, 0.25) is 0 Å². The van der Waals surface area contributed by atoms with Crippen LogP contribution in [0.15, 0.2) is 46.9 Å². The second kappa shape index (κ2) is 2.85. The molecule has 68 valence electrons. The molecule has 0 aliphatic rings. The molecule has 1 N–H and O–H groups in total. The molecule has 1 nitrogen and oxygen atoms in total. The van der Waals surface area contributed by atoms with Crippen molar-refractivity contribution in [2.75, 3.05) is 0 Å². The van der Waals surface area contributed by atoms with E-state index in [9.17, 15) is 0 Å².